The van der Waals surface area contributed by atoms with Crippen LogP contribution in [0, 0.1) is 0 Å². The summed E-state index contributed by atoms with van der Waals surface area (Å²) in [6.07, 6.45) is 8.98. The lowest BCUT2D eigenvalue weighted by Crippen LogP contribution is -1.79. The van der Waals surface area contributed by atoms with Crippen LogP contribution in [0.5, 0.6) is 0 Å². The fourth-order valence-electron chi connectivity index (χ4n) is 1.71. The third kappa shape index (κ3) is 4.83. The third-order valence-electron chi connectivity index (χ3n) is 2.74. The van der Waals surface area contributed by atoms with Crippen molar-refractivity contribution in [2.75, 3.05) is 0 Å². The molecule has 1 aromatic carbocycles. The van der Waals surface area contributed by atoms with Crippen LogP contribution in [0.2, 0.25) is 0 Å². The van der Waals surface area contributed by atoms with Crippen molar-refractivity contribution in [2.24, 2.45) is 0 Å². The van der Waals surface area contributed by atoms with Crippen LogP contribution in [0.4, 0.5) is 0 Å². The van der Waals surface area contributed by atoms with E-state index in [0.717, 1.165) is 0 Å². The summed E-state index contributed by atoms with van der Waals surface area (Å²) in [5.74, 6) is 0. The molecule has 0 saturated heterocycles. The third-order valence-corrected chi connectivity index (χ3v) is 2.74. The number of rotatable bonds is 6. The van der Waals surface area contributed by atoms with Crippen LogP contribution < -0.4 is 0 Å². The molecule has 0 saturated carbocycles. The van der Waals surface area contributed by atoms with E-state index in [1.165, 1.54) is 43.2 Å². The molecule has 1 rings (SSSR count). The molecule has 0 heteroatoms. The highest BCUT2D eigenvalue weighted by atomic mass is 14.0. The first-order valence-corrected chi connectivity index (χ1v) is 6.06. The second-order valence-corrected chi connectivity index (χ2v) is 4.10. The summed E-state index contributed by atoms with van der Waals surface area (Å²) in [5, 5.41) is 0. The molecular weight excluding hydrogens is 180 g/mol. The van der Waals surface area contributed by atoms with Crippen molar-refractivity contribution < 1.29 is 0 Å². The van der Waals surface area contributed by atoms with Crippen molar-refractivity contribution in [3.05, 3.63) is 42.0 Å². The lowest BCUT2D eigenvalue weighted by atomic mass is 10.0. The smallest absolute Gasteiger partial charge is 0.0231 e. The van der Waals surface area contributed by atoms with Crippen LogP contribution in [-0.4, -0.2) is 0 Å². The summed E-state index contributed by atoms with van der Waals surface area (Å²) in [7, 11) is 0. The van der Waals surface area contributed by atoms with E-state index in [0.29, 0.717) is 0 Å². The maximum Gasteiger partial charge on any atom is -0.0231 e. The molecule has 15 heavy (non-hydrogen) atoms. The van der Waals surface area contributed by atoms with Gasteiger partial charge in [0.2, 0.25) is 0 Å². The average Bonchev–Trinajstić information content (AvgIpc) is 2.30. The van der Waals surface area contributed by atoms with Crippen LogP contribution in [-0.2, 0) is 0 Å². The van der Waals surface area contributed by atoms with Gasteiger partial charge in [-0.15, -0.1) is 0 Å². The molecule has 0 N–H and O–H groups in total. The van der Waals surface area contributed by atoms with Crippen molar-refractivity contribution in [2.45, 2.75) is 46.0 Å². The molecule has 0 bridgehead atoms. The zero-order valence-electron chi connectivity index (χ0n) is 10.00. The Bertz CT molecular complexity index is 282. The van der Waals surface area contributed by atoms with E-state index in [-0.39, 0.29) is 0 Å². The molecule has 0 fully saturated rings. The van der Waals surface area contributed by atoms with Crippen molar-refractivity contribution in [1.29, 1.82) is 0 Å². The van der Waals surface area contributed by atoms with Crippen molar-refractivity contribution in [1.82, 2.24) is 0 Å². The molecule has 1 aromatic rings. The quantitative estimate of drug-likeness (QED) is 0.565. The number of unbranched alkanes of at least 4 members (excludes halogenated alkanes) is 4. The minimum absolute atomic E-state index is 1.22. The Morgan fingerprint density at radius 3 is 2.47 bits per heavy atom. The van der Waals surface area contributed by atoms with Gasteiger partial charge in [-0.25, -0.2) is 0 Å². The molecule has 0 amide bonds. The van der Waals surface area contributed by atoms with E-state index in [1.54, 1.807) is 0 Å². The first-order valence-electron chi connectivity index (χ1n) is 6.06. The monoisotopic (exact) mass is 202 g/mol. The highest BCUT2D eigenvalue weighted by molar-refractivity contribution is 5.63. The molecule has 82 valence electrons. The topological polar surface area (TPSA) is 0 Å². The predicted molar refractivity (Wildman–Crippen MR) is 68.9 cm³/mol. The first kappa shape index (κ1) is 12.0. The minimum atomic E-state index is 1.22. The van der Waals surface area contributed by atoms with Gasteiger partial charge < -0.3 is 0 Å². The molecule has 0 aliphatic rings. The van der Waals surface area contributed by atoms with Crippen LogP contribution >= 0.6 is 0 Å². The Balaban J connectivity index is 2.33. The predicted octanol–water partition coefficient (Wildman–Crippen LogP) is 5.06. The SMILES string of the molecule is CCCCCC/C=C(/C)c1ccccc1. The Hall–Kier alpha value is -1.04. The molecule has 0 heterocycles. The molecule has 0 radical (unpaired) electrons. The van der Waals surface area contributed by atoms with E-state index >= 15 is 0 Å². The van der Waals surface area contributed by atoms with Crippen LogP contribution in [0.15, 0.2) is 36.4 Å². The van der Waals surface area contributed by atoms with E-state index in [2.05, 4.69) is 50.3 Å². The summed E-state index contributed by atoms with van der Waals surface area (Å²) in [4.78, 5) is 0. The largest absolute Gasteiger partial charge is 0.0810 e. The maximum absolute atomic E-state index is 2.37. The second-order valence-electron chi connectivity index (χ2n) is 4.10. The number of hydrogen-bond donors (Lipinski definition) is 0. The van der Waals surface area contributed by atoms with Gasteiger partial charge in [-0.2, -0.15) is 0 Å². The zero-order valence-corrected chi connectivity index (χ0v) is 10.00. The maximum atomic E-state index is 2.37. The number of hydrogen-bond acceptors (Lipinski definition) is 0. The van der Waals surface area contributed by atoms with Gasteiger partial charge in [-0.3, -0.25) is 0 Å². The minimum Gasteiger partial charge on any atom is -0.0810 e. The standard InChI is InChI=1S/C15H22/c1-3-4-5-6-8-11-14(2)15-12-9-7-10-13-15/h7,9-13H,3-6,8H2,1-2H3/b14-11-. The van der Waals surface area contributed by atoms with Gasteiger partial charge in [-0.05, 0) is 30.9 Å². The van der Waals surface area contributed by atoms with Crippen LogP contribution in [0.1, 0.15) is 51.5 Å². The van der Waals surface area contributed by atoms with Crippen molar-refractivity contribution >= 4 is 5.57 Å². The van der Waals surface area contributed by atoms with Crippen molar-refractivity contribution in [3.8, 4) is 0 Å². The van der Waals surface area contributed by atoms with Gasteiger partial charge in [-0.1, -0.05) is 62.6 Å². The zero-order chi connectivity index (χ0) is 10.9. The number of allylic oxidation sites excluding steroid dienone is 2. The first-order chi connectivity index (χ1) is 7.34. The summed E-state index contributed by atoms with van der Waals surface area (Å²) in [5.41, 5.74) is 2.76. The fourth-order valence-corrected chi connectivity index (χ4v) is 1.71. The molecule has 0 aliphatic heterocycles. The van der Waals surface area contributed by atoms with Gasteiger partial charge in [0.25, 0.3) is 0 Å². The van der Waals surface area contributed by atoms with E-state index < -0.39 is 0 Å². The molecule has 0 atom stereocenters. The Labute approximate surface area is 94.0 Å². The summed E-state index contributed by atoms with van der Waals surface area (Å²) in [6.45, 7) is 4.46. The van der Waals surface area contributed by atoms with Crippen LogP contribution in [0.3, 0.4) is 0 Å². The van der Waals surface area contributed by atoms with Gasteiger partial charge in [0.15, 0.2) is 0 Å². The van der Waals surface area contributed by atoms with Gasteiger partial charge in [0.05, 0.1) is 0 Å². The molecule has 0 aliphatic carbocycles. The van der Waals surface area contributed by atoms with E-state index in [9.17, 15) is 0 Å². The van der Waals surface area contributed by atoms with Crippen LogP contribution in [0.25, 0.3) is 5.57 Å². The summed E-state index contributed by atoms with van der Waals surface area (Å²) >= 11 is 0. The molecule has 0 nitrogen and oxygen atoms in total. The lowest BCUT2D eigenvalue weighted by molar-refractivity contribution is 0.675. The summed E-state index contributed by atoms with van der Waals surface area (Å²) < 4.78 is 0. The Morgan fingerprint density at radius 1 is 1.07 bits per heavy atom. The normalized spacial score (nSPS) is 11.7. The van der Waals surface area contributed by atoms with Gasteiger partial charge >= 0.3 is 0 Å². The molecule has 0 aromatic heterocycles. The van der Waals surface area contributed by atoms with Crippen molar-refractivity contribution in [3.63, 3.8) is 0 Å². The van der Waals surface area contributed by atoms with E-state index in [1.807, 2.05) is 0 Å². The second kappa shape index (κ2) is 7.28. The molecular formula is C15H22. The highest BCUT2D eigenvalue weighted by Crippen LogP contribution is 2.14. The summed E-state index contributed by atoms with van der Waals surface area (Å²) in [6, 6.07) is 10.6. The Kier molecular flexibility index (Phi) is 5.84. The number of benzene rings is 1. The van der Waals surface area contributed by atoms with Gasteiger partial charge in [0.1, 0.15) is 0 Å². The van der Waals surface area contributed by atoms with Gasteiger partial charge in [0, 0.05) is 0 Å². The lowest BCUT2D eigenvalue weighted by Gasteiger charge is -2.01. The molecule has 0 unspecified atom stereocenters. The highest BCUT2D eigenvalue weighted by Gasteiger charge is 1.92. The average molecular weight is 202 g/mol. The molecule has 0 spiro atoms. The fraction of sp³-hybridized carbons (Fsp3) is 0.467. The van der Waals surface area contributed by atoms with E-state index in [4.69, 9.17) is 0 Å². The Morgan fingerprint density at radius 2 is 1.80 bits per heavy atom.